The molecule has 0 spiro atoms. The minimum Gasteiger partial charge on any atom is -0.352 e. The zero-order chi connectivity index (χ0) is 23.6. The van der Waals surface area contributed by atoms with Crippen molar-refractivity contribution in [1.82, 2.24) is 20.1 Å². The smallest absolute Gasteiger partial charge is 0.220 e. The van der Waals surface area contributed by atoms with E-state index in [0.717, 1.165) is 47.2 Å². The third-order valence-corrected chi connectivity index (χ3v) is 6.60. The number of unbranched alkanes of at least 4 members (excludes halogenated alkanes) is 1. The molecule has 0 saturated heterocycles. The number of nitrogens with one attached hydrogen (secondary N) is 1. The second-order valence-electron chi connectivity index (χ2n) is 7.96. The second-order valence-corrected chi connectivity index (χ2v) is 9.34. The number of aryl methyl sites for hydroxylation is 1. The highest BCUT2D eigenvalue weighted by atomic mass is 35.5. The maximum absolute atomic E-state index is 12.2. The monoisotopic (exact) mass is 490 g/mol. The van der Waals surface area contributed by atoms with Gasteiger partial charge in [-0.3, -0.25) is 9.36 Å². The summed E-state index contributed by atoms with van der Waals surface area (Å²) in [6.45, 7) is 0.560. The summed E-state index contributed by atoms with van der Waals surface area (Å²) in [6, 6.07) is 28.0. The Morgan fingerprint density at radius 1 is 0.882 bits per heavy atom. The second kappa shape index (κ2) is 12.4. The minimum atomic E-state index is 0.0688. The van der Waals surface area contributed by atoms with Crippen molar-refractivity contribution in [2.24, 2.45) is 0 Å². The van der Waals surface area contributed by atoms with Gasteiger partial charge in [0.15, 0.2) is 5.16 Å². The van der Waals surface area contributed by atoms with E-state index in [1.54, 1.807) is 11.8 Å². The van der Waals surface area contributed by atoms with Crippen LogP contribution in [0.3, 0.4) is 0 Å². The van der Waals surface area contributed by atoms with Gasteiger partial charge in [0.1, 0.15) is 5.82 Å². The van der Waals surface area contributed by atoms with Crippen LogP contribution in [-0.4, -0.2) is 20.7 Å². The van der Waals surface area contributed by atoms with Crippen LogP contribution in [0.4, 0.5) is 0 Å². The Balaban J connectivity index is 1.36. The number of thioether (sulfide) groups is 1. The largest absolute Gasteiger partial charge is 0.352 e. The van der Waals surface area contributed by atoms with Gasteiger partial charge in [0.2, 0.25) is 5.91 Å². The molecule has 4 aromatic rings. The van der Waals surface area contributed by atoms with E-state index >= 15 is 0 Å². The molecule has 1 amide bonds. The zero-order valence-corrected chi connectivity index (χ0v) is 20.4. The molecule has 0 aliphatic heterocycles. The van der Waals surface area contributed by atoms with E-state index < -0.39 is 0 Å². The topological polar surface area (TPSA) is 59.8 Å². The van der Waals surface area contributed by atoms with Gasteiger partial charge in [-0.2, -0.15) is 0 Å². The molecule has 0 saturated carbocycles. The van der Waals surface area contributed by atoms with Crippen LogP contribution in [0.5, 0.6) is 0 Å². The van der Waals surface area contributed by atoms with Crippen LogP contribution in [0, 0.1) is 0 Å². The number of aromatic nitrogens is 3. The van der Waals surface area contributed by atoms with Gasteiger partial charge >= 0.3 is 0 Å². The molecule has 34 heavy (non-hydrogen) atoms. The highest BCUT2D eigenvalue weighted by Crippen LogP contribution is 2.27. The Bertz CT molecular complexity index is 1200. The number of carbonyl (C=O) groups is 1. The van der Waals surface area contributed by atoms with Crippen molar-refractivity contribution in [3.63, 3.8) is 0 Å². The molecule has 0 aliphatic carbocycles. The van der Waals surface area contributed by atoms with Crippen molar-refractivity contribution in [2.45, 2.75) is 43.1 Å². The number of rotatable bonds is 11. The van der Waals surface area contributed by atoms with Crippen LogP contribution in [0.1, 0.15) is 36.2 Å². The molecule has 174 valence electrons. The molecule has 5 nitrogen and oxygen atoms in total. The maximum atomic E-state index is 12.2. The molecule has 0 unspecified atom stereocenters. The molecule has 0 bridgehead atoms. The number of halogens is 1. The van der Waals surface area contributed by atoms with Crippen LogP contribution in [0.15, 0.2) is 90.1 Å². The molecule has 1 N–H and O–H groups in total. The van der Waals surface area contributed by atoms with Gasteiger partial charge in [-0.25, -0.2) is 0 Å². The third kappa shape index (κ3) is 6.95. The number of hydrogen-bond donors (Lipinski definition) is 1. The lowest BCUT2D eigenvalue weighted by molar-refractivity contribution is -0.121. The Morgan fingerprint density at radius 3 is 2.35 bits per heavy atom. The highest BCUT2D eigenvalue weighted by molar-refractivity contribution is 7.98. The van der Waals surface area contributed by atoms with Crippen molar-refractivity contribution in [3.8, 4) is 5.69 Å². The number of nitrogens with zero attached hydrogens (tertiary/aromatic N) is 3. The first-order valence-corrected chi connectivity index (χ1v) is 12.7. The molecular weight excluding hydrogens is 464 g/mol. The van der Waals surface area contributed by atoms with Crippen molar-refractivity contribution in [3.05, 3.63) is 107 Å². The van der Waals surface area contributed by atoms with E-state index in [-0.39, 0.29) is 5.91 Å². The predicted octanol–water partition coefficient (Wildman–Crippen LogP) is 6.24. The SMILES string of the molecule is O=C(CCCCc1nnc(SCc2ccccc2)n1-c1cccc(Cl)c1)NCc1ccccc1. The summed E-state index contributed by atoms with van der Waals surface area (Å²) in [7, 11) is 0. The van der Waals surface area contributed by atoms with Gasteiger partial charge in [0, 0.05) is 30.2 Å². The van der Waals surface area contributed by atoms with Crippen molar-refractivity contribution >= 4 is 29.3 Å². The van der Waals surface area contributed by atoms with Crippen LogP contribution in [0.2, 0.25) is 5.02 Å². The van der Waals surface area contributed by atoms with Gasteiger partial charge in [-0.05, 0) is 42.2 Å². The fourth-order valence-electron chi connectivity index (χ4n) is 3.61. The maximum Gasteiger partial charge on any atom is 0.220 e. The number of carbonyl (C=O) groups excluding carboxylic acids is 1. The van der Waals surface area contributed by atoms with Gasteiger partial charge < -0.3 is 5.32 Å². The summed E-state index contributed by atoms with van der Waals surface area (Å²) in [5.41, 5.74) is 3.28. The first kappa shape index (κ1) is 24.0. The van der Waals surface area contributed by atoms with Crippen molar-refractivity contribution in [1.29, 1.82) is 0 Å². The van der Waals surface area contributed by atoms with E-state index in [2.05, 4.69) is 32.2 Å². The average molecular weight is 491 g/mol. The van der Waals surface area contributed by atoms with Gasteiger partial charge in [-0.1, -0.05) is 90.1 Å². The molecule has 4 rings (SSSR count). The predicted molar refractivity (Wildman–Crippen MR) is 138 cm³/mol. The quantitative estimate of drug-likeness (QED) is 0.199. The molecule has 3 aromatic carbocycles. The van der Waals surface area contributed by atoms with Crippen LogP contribution in [0.25, 0.3) is 5.69 Å². The highest BCUT2D eigenvalue weighted by Gasteiger charge is 2.15. The van der Waals surface area contributed by atoms with Crippen LogP contribution < -0.4 is 5.32 Å². The molecule has 0 fully saturated rings. The average Bonchev–Trinajstić information content (AvgIpc) is 3.28. The fourth-order valence-corrected chi connectivity index (χ4v) is 4.72. The van der Waals surface area contributed by atoms with Gasteiger partial charge in [0.05, 0.1) is 5.69 Å². The lowest BCUT2D eigenvalue weighted by Gasteiger charge is -2.11. The Hall–Kier alpha value is -3.09. The molecule has 0 aliphatic rings. The van der Waals surface area contributed by atoms with Crippen molar-refractivity contribution < 1.29 is 4.79 Å². The summed E-state index contributed by atoms with van der Waals surface area (Å²) in [5, 5.41) is 13.4. The molecule has 7 heteroatoms. The summed E-state index contributed by atoms with van der Waals surface area (Å²) in [5.74, 6) is 1.75. The van der Waals surface area contributed by atoms with Gasteiger partial charge in [-0.15, -0.1) is 10.2 Å². The lowest BCUT2D eigenvalue weighted by Crippen LogP contribution is -2.22. The fraction of sp³-hybridized carbons (Fsp3) is 0.222. The lowest BCUT2D eigenvalue weighted by atomic mass is 10.1. The molecular formula is C27H27ClN4OS. The van der Waals surface area contributed by atoms with Gasteiger partial charge in [0.25, 0.3) is 0 Å². The minimum absolute atomic E-state index is 0.0688. The first-order chi connectivity index (χ1) is 16.7. The van der Waals surface area contributed by atoms with Crippen LogP contribution >= 0.6 is 23.4 Å². The molecule has 0 radical (unpaired) electrons. The Kier molecular flexibility index (Phi) is 8.77. The molecule has 1 heterocycles. The number of hydrogen-bond acceptors (Lipinski definition) is 4. The normalized spacial score (nSPS) is 10.9. The summed E-state index contributed by atoms with van der Waals surface area (Å²) < 4.78 is 2.08. The number of benzene rings is 3. The summed E-state index contributed by atoms with van der Waals surface area (Å²) >= 11 is 7.92. The van der Waals surface area contributed by atoms with Crippen LogP contribution in [-0.2, 0) is 23.5 Å². The van der Waals surface area contributed by atoms with E-state index in [4.69, 9.17) is 11.6 Å². The van der Waals surface area contributed by atoms with Crippen molar-refractivity contribution in [2.75, 3.05) is 0 Å². The standard InChI is InChI=1S/C27H27ClN4OS/c28-23-14-9-15-24(18-23)32-25(30-31-27(32)34-20-22-12-5-2-6-13-22)16-7-8-17-26(33)29-19-21-10-3-1-4-11-21/h1-6,9-15,18H,7-8,16-17,19-20H2,(H,29,33). The Labute approximate surface area is 209 Å². The molecule has 0 atom stereocenters. The van der Waals surface area contributed by atoms with E-state index in [9.17, 15) is 4.79 Å². The number of amides is 1. The summed E-state index contributed by atoms with van der Waals surface area (Å²) in [6.07, 6.45) is 2.86. The van der Waals surface area contributed by atoms with E-state index in [1.807, 2.05) is 72.8 Å². The summed E-state index contributed by atoms with van der Waals surface area (Å²) in [4.78, 5) is 12.2. The molecule has 1 aromatic heterocycles. The zero-order valence-electron chi connectivity index (χ0n) is 18.9. The third-order valence-electron chi connectivity index (χ3n) is 5.36. The van der Waals surface area contributed by atoms with E-state index in [0.29, 0.717) is 18.0 Å². The Morgan fingerprint density at radius 2 is 1.62 bits per heavy atom. The van der Waals surface area contributed by atoms with E-state index in [1.165, 1.54) is 5.56 Å². The first-order valence-electron chi connectivity index (χ1n) is 11.4.